The van der Waals surface area contributed by atoms with E-state index in [1.807, 2.05) is 61.5 Å². The lowest BCUT2D eigenvalue weighted by Crippen LogP contribution is -2.51. The van der Waals surface area contributed by atoms with E-state index in [1.54, 1.807) is 10.8 Å². The minimum atomic E-state index is -0.694. The first-order valence-corrected chi connectivity index (χ1v) is 19.3. The van der Waals surface area contributed by atoms with Crippen molar-refractivity contribution in [2.75, 3.05) is 30.4 Å². The minimum absolute atomic E-state index is 0.199. The summed E-state index contributed by atoms with van der Waals surface area (Å²) in [7, 11) is 2.05. The van der Waals surface area contributed by atoms with E-state index in [1.165, 1.54) is 15.8 Å². The molecule has 2 aromatic carbocycles. The quantitative estimate of drug-likeness (QED) is 0.0519. The van der Waals surface area contributed by atoms with Gasteiger partial charge in [0.2, 0.25) is 24.2 Å². The van der Waals surface area contributed by atoms with Gasteiger partial charge in [-0.2, -0.15) is 4.98 Å². The summed E-state index contributed by atoms with van der Waals surface area (Å²) in [6, 6.07) is 16.8. The number of rotatable bonds is 17. The minimum Gasteiger partial charge on any atom is -0.493 e. The number of benzene rings is 2. The number of aromatic nitrogens is 5. The molecule has 1 aliphatic carbocycles. The Kier molecular flexibility index (Phi) is 11.7. The van der Waals surface area contributed by atoms with Crippen LogP contribution in [0.3, 0.4) is 0 Å². The zero-order valence-electron chi connectivity index (χ0n) is 32.2. The first kappa shape index (κ1) is 38.9. The van der Waals surface area contributed by atoms with E-state index < -0.39 is 18.1 Å². The second kappa shape index (κ2) is 17.2. The van der Waals surface area contributed by atoms with E-state index in [0.717, 1.165) is 60.3 Å². The summed E-state index contributed by atoms with van der Waals surface area (Å²) >= 11 is 0. The standard InChI is InChI=1S/C42H47N9O6/c1-4-21-50-41(56)31-24-43-42(47-39(31)51(50)36-19-12-28-11-18-34(53)38(28)45-36)44-29-13-15-30(16-14-29)48(3)22-6-5-7-23-57-35-10-8-9-27(2)32(35)25-49(26-52)33-17-20-37(54)46-40(33)55/h4,8-10,12-16,19,24,26,33-34,53H,1,5-7,11,17-18,20-23,25H2,2-3H3,(H,43,44,47)(H,46,54,55). The van der Waals surface area contributed by atoms with Gasteiger partial charge in [0.1, 0.15) is 17.2 Å². The second-order valence-corrected chi connectivity index (χ2v) is 14.5. The Morgan fingerprint density at radius 2 is 1.86 bits per heavy atom. The molecule has 1 aliphatic heterocycles. The number of allylic oxidation sites excluding steroid dienone is 1. The predicted octanol–water partition coefficient (Wildman–Crippen LogP) is 4.64. The molecule has 15 nitrogen and oxygen atoms in total. The molecule has 3 aromatic heterocycles. The number of amides is 3. The molecule has 15 heteroatoms. The summed E-state index contributed by atoms with van der Waals surface area (Å²) in [5.74, 6) is 0.721. The fraction of sp³-hybridized carbons (Fsp3) is 0.357. The third-order valence-corrected chi connectivity index (χ3v) is 10.6. The van der Waals surface area contributed by atoms with Crippen molar-refractivity contribution in [1.82, 2.24) is 34.5 Å². The molecule has 57 heavy (non-hydrogen) atoms. The maximum Gasteiger partial charge on any atom is 0.278 e. The molecule has 3 N–H and O–H groups in total. The number of hydrogen-bond donors (Lipinski definition) is 3. The van der Waals surface area contributed by atoms with Crippen molar-refractivity contribution in [2.45, 2.75) is 77.1 Å². The number of fused-ring (bicyclic) bond motifs is 2. The molecule has 0 spiro atoms. The van der Waals surface area contributed by atoms with E-state index >= 15 is 0 Å². The van der Waals surface area contributed by atoms with Crippen molar-refractivity contribution in [3.63, 3.8) is 0 Å². The van der Waals surface area contributed by atoms with Crippen molar-refractivity contribution >= 4 is 46.6 Å². The SMILES string of the molecule is C=CCn1c(=O)c2cnc(Nc3ccc(N(C)CCCCCOc4cccc(C)c4CN(C=O)C4CCC(=O)NC4=O)cc3)nc2n1-c1ccc2c(n1)C(O)CC2. The van der Waals surface area contributed by atoms with Crippen molar-refractivity contribution in [1.29, 1.82) is 0 Å². The number of aliphatic hydroxyl groups excluding tert-OH is 1. The van der Waals surface area contributed by atoms with Gasteiger partial charge in [-0.3, -0.25) is 24.5 Å². The van der Waals surface area contributed by atoms with Crippen LogP contribution in [0.4, 0.5) is 17.3 Å². The van der Waals surface area contributed by atoms with Crippen molar-refractivity contribution in [3.05, 3.63) is 106 Å². The highest BCUT2D eigenvalue weighted by Gasteiger charge is 2.32. The van der Waals surface area contributed by atoms with Crippen LogP contribution in [0.1, 0.15) is 67.0 Å². The summed E-state index contributed by atoms with van der Waals surface area (Å²) < 4.78 is 9.36. The van der Waals surface area contributed by atoms with Crippen LogP contribution in [0.5, 0.6) is 5.75 Å². The fourth-order valence-corrected chi connectivity index (χ4v) is 7.43. The lowest BCUT2D eigenvalue weighted by Gasteiger charge is -2.30. The Bertz CT molecular complexity index is 2350. The smallest absolute Gasteiger partial charge is 0.278 e. The zero-order chi connectivity index (χ0) is 40.1. The molecule has 0 bridgehead atoms. The number of unbranched alkanes of at least 4 members (excludes halogenated alkanes) is 2. The Balaban J connectivity index is 0.926. The number of imide groups is 1. The van der Waals surface area contributed by atoms with Crippen LogP contribution in [0, 0.1) is 6.92 Å². The van der Waals surface area contributed by atoms with Crippen LogP contribution in [0.15, 0.2) is 78.2 Å². The maximum atomic E-state index is 13.4. The summed E-state index contributed by atoms with van der Waals surface area (Å²) in [6.45, 7) is 7.58. The molecule has 4 heterocycles. The first-order valence-electron chi connectivity index (χ1n) is 19.3. The molecule has 7 rings (SSSR count). The van der Waals surface area contributed by atoms with Crippen molar-refractivity contribution < 1.29 is 24.2 Å². The third-order valence-electron chi connectivity index (χ3n) is 10.6. The highest BCUT2D eigenvalue weighted by Crippen LogP contribution is 2.31. The molecular formula is C42H47N9O6. The van der Waals surface area contributed by atoms with E-state index in [4.69, 9.17) is 14.7 Å². The van der Waals surface area contributed by atoms with Crippen LogP contribution in [0.2, 0.25) is 0 Å². The highest BCUT2D eigenvalue weighted by atomic mass is 16.5. The van der Waals surface area contributed by atoms with Gasteiger partial charge in [0.15, 0.2) is 11.5 Å². The van der Waals surface area contributed by atoms with E-state index in [2.05, 4.69) is 34.1 Å². The van der Waals surface area contributed by atoms with Gasteiger partial charge in [-0.25, -0.2) is 19.3 Å². The molecule has 3 amide bonds. The van der Waals surface area contributed by atoms with Crippen molar-refractivity contribution in [2.24, 2.45) is 0 Å². The fourth-order valence-electron chi connectivity index (χ4n) is 7.43. The largest absolute Gasteiger partial charge is 0.493 e. The number of piperidine rings is 1. The topological polar surface area (TPSA) is 177 Å². The van der Waals surface area contributed by atoms with Gasteiger partial charge < -0.3 is 25.0 Å². The number of carbonyl (C=O) groups excluding carboxylic acids is 3. The lowest BCUT2D eigenvalue weighted by atomic mass is 10.0. The zero-order valence-corrected chi connectivity index (χ0v) is 32.2. The number of carbonyl (C=O) groups is 3. The van der Waals surface area contributed by atoms with Crippen LogP contribution in [-0.4, -0.2) is 78.8 Å². The van der Waals surface area contributed by atoms with E-state index in [0.29, 0.717) is 60.1 Å². The molecule has 2 unspecified atom stereocenters. The number of anilines is 3. The van der Waals surface area contributed by atoms with Crippen LogP contribution in [-0.2, 0) is 33.9 Å². The van der Waals surface area contributed by atoms with Crippen LogP contribution in [0.25, 0.3) is 16.9 Å². The van der Waals surface area contributed by atoms with Gasteiger partial charge in [-0.05, 0) is 93.0 Å². The number of hydrogen-bond acceptors (Lipinski definition) is 11. The van der Waals surface area contributed by atoms with Crippen LogP contribution < -0.4 is 25.8 Å². The molecular weight excluding hydrogens is 727 g/mol. The normalized spacial score (nSPS) is 16.3. The molecule has 5 aromatic rings. The Labute approximate surface area is 330 Å². The number of ether oxygens (including phenoxy) is 1. The molecule has 2 atom stereocenters. The molecule has 296 valence electrons. The molecule has 1 saturated heterocycles. The Morgan fingerprint density at radius 3 is 2.63 bits per heavy atom. The number of aryl methyl sites for hydroxylation is 2. The molecule has 0 saturated carbocycles. The van der Waals surface area contributed by atoms with Gasteiger partial charge in [0, 0.05) is 43.1 Å². The Hall–Kier alpha value is -6.35. The monoisotopic (exact) mass is 773 g/mol. The third kappa shape index (κ3) is 8.43. The molecule has 1 fully saturated rings. The first-order chi connectivity index (χ1) is 27.6. The molecule has 2 aliphatic rings. The summed E-state index contributed by atoms with van der Waals surface area (Å²) in [4.78, 5) is 66.9. The van der Waals surface area contributed by atoms with Gasteiger partial charge >= 0.3 is 0 Å². The predicted molar refractivity (Wildman–Crippen MR) is 216 cm³/mol. The average Bonchev–Trinajstić information content (AvgIpc) is 3.71. The van der Waals surface area contributed by atoms with Gasteiger partial charge in [0.25, 0.3) is 5.56 Å². The molecule has 0 radical (unpaired) electrons. The van der Waals surface area contributed by atoms with Gasteiger partial charge in [-0.1, -0.05) is 24.3 Å². The van der Waals surface area contributed by atoms with E-state index in [9.17, 15) is 24.3 Å². The number of pyridine rings is 1. The van der Waals surface area contributed by atoms with Gasteiger partial charge in [0.05, 0.1) is 31.5 Å². The number of nitrogens with one attached hydrogen (secondary N) is 2. The summed E-state index contributed by atoms with van der Waals surface area (Å²) in [6.07, 6.45) is 7.80. The number of nitrogens with zero attached hydrogens (tertiary/aromatic N) is 7. The average molecular weight is 774 g/mol. The Morgan fingerprint density at radius 1 is 1.04 bits per heavy atom. The lowest BCUT2D eigenvalue weighted by molar-refractivity contribution is -0.141. The highest BCUT2D eigenvalue weighted by molar-refractivity contribution is 6.00. The summed E-state index contributed by atoms with van der Waals surface area (Å²) in [5, 5.41) is 16.4. The van der Waals surface area contributed by atoms with Crippen molar-refractivity contribution in [3.8, 4) is 11.6 Å². The van der Waals surface area contributed by atoms with E-state index in [-0.39, 0.29) is 31.0 Å². The second-order valence-electron chi connectivity index (χ2n) is 14.5. The summed E-state index contributed by atoms with van der Waals surface area (Å²) in [5.41, 5.74) is 5.40. The van der Waals surface area contributed by atoms with Crippen LogP contribution >= 0.6 is 0 Å². The maximum absolute atomic E-state index is 13.4. The number of aliphatic hydroxyl groups is 1. The van der Waals surface area contributed by atoms with Gasteiger partial charge in [-0.15, -0.1) is 6.58 Å².